The lowest BCUT2D eigenvalue weighted by atomic mass is 9.93. The van der Waals surface area contributed by atoms with Crippen molar-refractivity contribution < 1.29 is 9.59 Å². The van der Waals surface area contributed by atoms with Crippen LogP contribution in [0.4, 0.5) is 11.6 Å². The smallest absolute Gasteiger partial charge is 0.280 e. The van der Waals surface area contributed by atoms with E-state index in [1.165, 1.54) is 34.7 Å². The highest BCUT2D eigenvalue weighted by molar-refractivity contribution is 6.32. The number of aromatic nitrogens is 2. The second-order valence-electron chi connectivity index (χ2n) is 9.74. The van der Waals surface area contributed by atoms with Crippen molar-refractivity contribution in [1.29, 1.82) is 0 Å². The summed E-state index contributed by atoms with van der Waals surface area (Å²) >= 11 is 5.99. The summed E-state index contributed by atoms with van der Waals surface area (Å²) in [6.45, 7) is 12.8. The van der Waals surface area contributed by atoms with Crippen molar-refractivity contribution in [2.75, 3.05) is 31.7 Å². The maximum absolute atomic E-state index is 12.4. The zero-order valence-electron chi connectivity index (χ0n) is 29.0. The van der Waals surface area contributed by atoms with Gasteiger partial charge in [0.05, 0.1) is 6.04 Å². The summed E-state index contributed by atoms with van der Waals surface area (Å²) in [6.07, 6.45) is 6.55. The molecule has 46 heavy (non-hydrogen) atoms. The largest absolute Gasteiger partial charge is 0.382 e. The molecule has 256 valence electrons. The molecule has 0 saturated carbocycles. The van der Waals surface area contributed by atoms with Gasteiger partial charge in [-0.05, 0) is 61.1 Å². The first kappa shape index (κ1) is 42.0. The summed E-state index contributed by atoms with van der Waals surface area (Å²) in [6, 6.07) is 12.2. The number of hydrogen-bond acceptors (Lipinski definition) is 8. The number of anilines is 2. The third-order valence-corrected chi connectivity index (χ3v) is 6.97. The van der Waals surface area contributed by atoms with E-state index in [0.29, 0.717) is 13.0 Å². The van der Waals surface area contributed by atoms with E-state index >= 15 is 0 Å². The molecule has 0 aliphatic rings. The number of aliphatic imine (C=N–C) groups is 1. The van der Waals surface area contributed by atoms with Gasteiger partial charge < -0.3 is 27.8 Å². The number of amides is 2. The second-order valence-corrected chi connectivity index (χ2v) is 10.1. The predicted octanol–water partition coefficient (Wildman–Crippen LogP) is 5.84. The van der Waals surface area contributed by atoms with Gasteiger partial charge in [0.2, 0.25) is 5.91 Å². The SMILES string of the molecule is CC.CC.CCCC.CNc1nc(N)c(C(=O)NC(N)=NCCCCc2ccc(CCC(NC)C(N)=O)c3ccccc23)nc1Cl. The summed E-state index contributed by atoms with van der Waals surface area (Å²) < 4.78 is 0. The van der Waals surface area contributed by atoms with E-state index in [4.69, 9.17) is 28.8 Å². The molecular weight excluding hydrogens is 602 g/mol. The van der Waals surface area contributed by atoms with Gasteiger partial charge in [0.1, 0.15) is 0 Å². The summed E-state index contributed by atoms with van der Waals surface area (Å²) in [4.78, 5) is 36.2. The minimum atomic E-state index is -0.635. The number of halogens is 1. The normalized spacial score (nSPS) is 11.1. The third kappa shape index (κ3) is 14.0. The molecule has 0 aliphatic carbocycles. The topological polar surface area (TPSA) is 186 Å². The summed E-state index contributed by atoms with van der Waals surface area (Å²) in [5.41, 5.74) is 19.4. The molecule has 12 heteroatoms. The van der Waals surface area contributed by atoms with Crippen molar-refractivity contribution >= 4 is 51.8 Å². The van der Waals surface area contributed by atoms with Crippen molar-refractivity contribution in [3.8, 4) is 0 Å². The predicted molar refractivity (Wildman–Crippen MR) is 195 cm³/mol. The lowest BCUT2D eigenvalue weighted by Crippen LogP contribution is -2.39. The average Bonchev–Trinajstić information content (AvgIpc) is 3.07. The van der Waals surface area contributed by atoms with Gasteiger partial charge in [-0.3, -0.25) is 19.9 Å². The molecule has 9 N–H and O–H groups in total. The van der Waals surface area contributed by atoms with Crippen molar-refractivity contribution in [3.63, 3.8) is 0 Å². The van der Waals surface area contributed by atoms with Crippen LogP contribution in [0.1, 0.15) is 95.3 Å². The molecule has 0 radical (unpaired) electrons. The molecular formula is C34H56ClN9O2. The Morgan fingerprint density at radius 1 is 0.891 bits per heavy atom. The Morgan fingerprint density at radius 3 is 1.96 bits per heavy atom. The standard InChI is InChI=1S/C26H34ClN9O2.C4H10.2C2H6/c1-31-19(23(29)37)13-12-16-11-10-15(17-8-3-4-9-18(16)17)7-5-6-14-33-26(30)36-25(38)20-22(28)35-24(32-2)21(27)34-20;1-3-4-2;2*1-2/h3-4,8-11,19,31H,5-7,12-14H2,1-2H3,(H2,29,37)(H3,28,32,35)(H3,30,33,36,38);3-4H2,1-2H3;2*1-2H3. The molecule has 1 atom stereocenters. The Labute approximate surface area is 280 Å². The number of fused-ring (bicyclic) bond motifs is 1. The highest BCUT2D eigenvalue weighted by atomic mass is 35.5. The van der Waals surface area contributed by atoms with Crippen LogP contribution in [0.5, 0.6) is 0 Å². The van der Waals surface area contributed by atoms with Crippen LogP contribution in [0, 0.1) is 0 Å². The lowest BCUT2D eigenvalue weighted by Gasteiger charge is -2.15. The number of carbonyl (C=O) groups is 2. The van der Waals surface area contributed by atoms with Crippen molar-refractivity contribution in [2.45, 2.75) is 92.5 Å². The lowest BCUT2D eigenvalue weighted by molar-refractivity contribution is -0.120. The van der Waals surface area contributed by atoms with E-state index in [9.17, 15) is 9.59 Å². The number of rotatable bonds is 13. The monoisotopic (exact) mass is 657 g/mol. The molecule has 2 amide bonds. The number of carbonyl (C=O) groups excluding carboxylic acids is 2. The average molecular weight is 658 g/mol. The van der Waals surface area contributed by atoms with E-state index in [2.05, 4.69) is 69.0 Å². The zero-order chi connectivity index (χ0) is 35.1. The Balaban J connectivity index is 0.00000230. The van der Waals surface area contributed by atoms with Crippen molar-refractivity contribution in [3.05, 3.63) is 58.4 Å². The number of unbranched alkanes of at least 4 members (excludes halogenated alkanes) is 2. The van der Waals surface area contributed by atoms with Crippen LogP contribution >= 0.6 is 11.6 Å². The number of hydrogen-bond donors (Lipinski definition) is 6. The summed E-state index contributed by atoms with van der Waals surface area (Å²) in [7, 11) is 3.36. The van der Waals surface area contributed by atoms with Gasteiger partial charge in [-0.2, -0.15) is 0 Å². The minimum Gasteiger partial charge on any atom is -0.382 e. The van der Waals surface area contributed by atoms with Gasteiger partial charge in [-0.1, -0.05) is 102 Å². The van der Waals surface area contributed by atoms with Crippen LogP contribution in [0.15, 0.2) is 41.4 Å². The fourth-order valence-corrected chi connectivity index (χ4v) is 4.41. The zero-order valence-corrected chi connectivity index (χ0v) is 29.7. The molecule has 0 spiro atoms. The fourth-order valence-electron chi connectivity index (χ4n) is 4.18. The number of nitrogens with zero attached hydrogens (tertiary/aromatic N) is 3. The summed E-state index contributed by atoms with van der Waals surface area (Å²) in [5.74, 6) is -0.811. The van der Waals surface area contributed by atoms with Crippen LogP contribution in [-0.2, 0) is 17.6 Å². The first-order chi connectivity index (χ1) is 22.2. The van der Waals surface area contributed by atoms with Gasteiger partial charge in [0.15, 0.2) is 28.4 Å². The first-order valence-electron chi connectivity index (χ1n) is 16.2. The quantitative estimate of drug-likeness (QED) is 0.0751. The second kappa shape index (κ2) is 24.3. The Kier molecular flexibility index (Phi) is 22.2. The number of aryl methyl sites for hydroxylation is 2. The number of primary amides is 1. The van der Waals surface area contributed by atoms with Crippen LogP contribution in [-0.4, -0.2) is 54.4 Å². The van der Waals surface area contributed by atoms with E-state index < -0.39 is 5.91 Å². The van der Waals surface area contributed by atoms with Crippen LogP contribution < -0.4 is 33.2 Å². The van der Waals surface area contributed by atoms with Gasteiger partial charge in [-0.25, -0.2) is 9.97 Å². The van der Waals surface area contributed by atoms with Gasteiger partial charge in [0.25, 0.3) is 5.91 Å². The number of nitrogens with one attached hydrogen (secondary N) is 3. The Hall–Kier alpha value is -3.96. The molecule has 3 rings (SSSR count). The number of benzene rings is 2. The third-order valence-electron chi connectivity index (χ3n) is 6.71. The van der Waals surface area contributed by atoms with Gasteiger partial charge in [-0.15, -0.1) is 0 Å². The van der Waals surface area contributed by atoms with E-state index in [1.807, 2.05) is 39.8 Å². The molecule has 0 fully saturated rings. The highest BCUT2D eigenvalue weighted by Gasteiger charge is 2.17. The van der Waals surface area contributed by atoms with Crippen LogP contribution in [0.25, 0.3) is 10.8 Å². The molecule has 1 unspecified atom stereocenters. The van der Waals surface area contributed by atoms with Gasteiger partial charge >= 0.3 is 0 Å². The number of likely N-dealkylation sites (N-methyl/N-ethyl adjacent to an activating group) is 1. The maximum atomic E-state index is 12.4. The molecule has 1 heterocycles. The van der Waals surface area contributed by atoms with E-state index in [1.54, 1.807) is 14.1 Å². The van der Waals surface area contributed by atoms with Crippen LogP contribution in [0.3, 0.4) is 0 Å². The van der Waals surface area contributed by atoms with Gasteiger partial charge in [0, 0.05) is 13.6 Å². The van der Waals surface area contributed by atoms with Crippen molar-refractivity contribution in [1.82, 2.24) is 20.6 Å². The first-order valence-corrected chi connectivity index (χ1v) is 16.6. The summed E-state index contributed by atoms with van der Waals surface area (Å²) in [5, 5.41) is 10.6. The van der Waals surface area contributed by atoms with E-state index in [-0.39, 0.29) is 40.4 Å². The molecule has 3 aromatic rings. The molecule has 2 aromatic carbocycles. The highest BCUT2D eigenvalue weighted by Crippen LogP contribution is 2.25. The molecule has 11 nitrogen and oxygen atoms in total. The molecule has 1 aromatic heterocycles. The number of guanidine groups is 1. The number of nitrogens with two attached hydrogens (primary N) is 3. The molecule has 0 saturated heterocycles. The Bertz CT molecular complexity index is 1360. The number of nitrogen functional groups attached to an aromatic ring is 1. The minimum absolute atomic E-state index is 0.0238. The molecule has 0 aliphatic heterocycles. The maximum Gasteiger partial charge on any atom is 0.280 e. The fraction of sp³-hybridized carbons (Fsp3) is 0.500. The van der Waals surface area contributed by atoms with E-state index in [0.717, 1.165) is 25.7 Å². The van der Waals surface area contributed by atoms with Crippen LogP contribution in [0.2, 0.25) is 5.15 Å². The Morgan fingerprint density at radius 2 is 1.46 bits per heavy atom. The van der Waals surface area contributed by atoms with Crippen molar-refractivity contribution in [2.24, 2.45) is 16.5 Å². The molecule has 0 bridgehead atoms.